The van der Waals surface area contributed by atoms with Crippen molar-refractivity contribution in [2.75, 3.05) is 26.7 Å². The van der Waals surface area contributed by atoms with Crippen molar-refractivity contribution in [1.82, 2.24) is 9.21 Å². The quantitative estimate of drug-likeness (QED) is 0.487. The van der Waals surface area contributed by atoms with E-state index in [9.17, 15) is 22.8 Å². The molecule has 9 heteroatoms. The molecule has 2 aromatic rings. The van der Waals surface area contributed by atoms with Crippen molar-refractivity contribution >= 4 is 27.8 Å². The maximum Gasteiger partial charge on any atom is 0.308 e. The van der Waals surface area contributed by atoms with Crippen LogP contribution in [0.4, 0.5) is 0 Å². The molecule has 0 bridgehead atoms. The van der Waals surface area contributed by atoms with Gasteiger partial charge in [-0.2, -0.15) is 4.31 Å². The molecular formula is C23H24N2O6S. The molecule has 32 heavy (non-hydrogen) atoms. The summed E-state index contributed by atoms with van der Waals surface area (Å²) in [6.45, 7) is 0.757. The van der Waals surface area contributed by atoms with Crippen LogP contribution < -0.4 is 0 Å². The summed E-state index contributed by atoms with van der Waals surface area (Å²) in [4.78, 5) is 38.0. The van der Waals surface area contributed by atoms with E-state index in [-0.39, 0.29) is 48.2 Å². The number of ether oxygens (including phenoxy) is 1. The van der Waals surface area contributed by atoms with E-state index >= 15 is 0 Å². The number of carbonyl (C=O) groups is 3. The number of imide groups is 1. The topological polar surface area (TPSA) is 101 Å². The maximum atomic E-state index is 12.9. The molecule has 0 atom stereocenters. The number of rotatable bonds is 6. The number of amides is 2. The van der Waals surface area contributed by atoms with Gasteiger partial charge in [-0.1, -0.05) is 24.3 Å². The Hall–Kier alpha value is -3.04. The van der Waals surface area contributed by atoms with E-state index in [0.717, 1.165) is 5.56 Å². The lowest BCUT2D eigenvalue weighted by molar-refractivity contribution is -0.146. The minimum absolute atomic E-state index is 0.179. The summed E-state index contributed by atoms with van der Waals surface area (Å²) in [6, 6.07) is 13.2. The number of piperidine rings is 1. The Labute approximate surface area is 186 Å². The molecule has 4 rings (SSSR count). The van der Waals surface area contributed by atoms with Gasteiger partial charge in [-0.3, -0.25) is 19.3 Å². The summed E-state index contributed by atoms with van der Waals surface area (Å²) in [6.07, 6.45) is 1.30. The Kier molecular flexibility index (Phi) is 6.12. The fraction of sp³-hybridized carbons (Fsp3) is 0.348. The number of esters is 1. The van der Waals surface area contributed by atoms with Crippen LogP contribution in [-0.4, -0.2) is 62.2 Å². The van der Waals surface area contributed by atoms with Crippen LogP contribution in [0.25, 0.3) is 0 Å². The average Bonchev–Trinajstić information content (AvgIpc) is 3.07. The van der Waals surface area contributed by atoms with Crippen molar-refractivity contribution in [3.8, 4) is 0 Å². The molecule has 2 amide bonds. The van der Waals surface area contributed by atoms with Crippen molar-refractivity contribution in [1.29, 1.82) is 0 Å². The molecule has 0 aromatic heterocycles. The number of benzene rings is 2. The largest absolute Gasteiger partial charge is 0.469 e. The van der Waals surface area contributed by atoms with E-state index in [1.54, 1.807) is 48.5 Å². The number of hydrogen-bond donors (Lipinski definition) is 0. The van der Waals surface area contributed by atoms with Gasteiger partial charge >= 0.3 is 5.97 Å². The minimum Gasteiger partial charge on any atom is -0.469 e. The first-order chi connectivity index (χ1) is 15.3. The molecule has 2 heterocycles. The molecule has 8 nitrogen and oxygen atoms in total. The second-order valence-electron chi connectivity index (χ2n) is 7.90. The van der Waals surface area contributed by atoms with Crippen LogP contribution in [0.1, 0.15) is 39.1 Å². The van der Waals surface area contributed by atoms with E-state index in [1.165, 1.54) is 16.3 Å². The van der Waals surface area contributed by atoms with Gasteiger partial charge in [-0.15, -0.1) is 0 Å². The smallest absolute Gasteiger partial charge is 0.308 e. The third-order valence-electron chi connectivity index (χ3n) is 6.05. The average molecular weight is 457 g/mol. The highest BCUT2D eigenvalue weighted by atomic mass is 32.2. The number of fused-ring (bicyclic) bond motifs is 1. The van der Waals surface area contributed by atoms with Gasteiger partial charge < -0.3 is 4.74 Å². The molecule has 2 aliphatic rings. The van der Waals surface area contributed by atoms with Crippen molar-refractivity contribution < 1.29 is 27.5 Å². The second kappa shape index (κ2) is 8.84. The highest BCUT2D eigenvalue weighted by Gasteiger charge is 2.35. The monoisotopic (exact) mass is 456 g/mol. The second-order valence-corrected chi connectivity index (χ2v) is 9.84. The Morgan fingerprint density at radius 2 is 1.53 bits per heavy atom. The fourth-order valence-corrected chi connectivity index (χ4v) is 5.63. The fourth-order valence-electron chi connectivity index (χ4n) is 4.16. The van der Waals surface area contributed by atoms with Crippen LogP contribution in [-0.2, 0) is 26.0 Å². The van der Waals surface area contributed by atoms with Crippen LogP contribution in [0.3, 0.4) is 0 Å². The molecule has 2 aromatic carbocycles. The summed E-state index contributed by atoms with van der Waals surface area (Å²) in [7, 11) is -2.32. The van der Waals surface area contributed by atoms with Gasteiger partial charge in [0.2, 0.25) is 10.0 Å². The van der Waals surface area contributed by atoms with Crippen molar-refractivity contribution in [2.45, 2.75) is 24.2 Å². The van der Waals surface area contributed by atoms with Gasteiger partial charge in [0.15, 0.2) is 0 Å². The zero-order valence-electron chi connectivity index (χ0n) is 17.7. The first-order valence-corrected chi connectivity index (χ1v) is 11.9. The van der Waals surface area contributed by atoms with Crippen molar-refractivity contribution in [2.24, 2.45) is 5.92 Å². The minimum atomic E-state index is -3.66. The zero-order chi connectivity index (χ0) is 22.9. The number of hydrogen-bond acceptors (Lipinski definition) is 6. The molecule has 0 unspecified atom stereocenters. The Bertz CT molecular complexity index is 1120. The predicted octanol–water partition coefficient (Wildman–Crippen LogP) is 2.10. The van der Waals surface area contributed by atoms with E-state index in [1.807, 2.05) is 0 Å². The van der Waals surface area contributed by atoms with E-state index in [4.69, 9.17) is 4.74 Å². The highest BCUT2D eigenvalue weighted by molar-refractivity contribution is 7.89. The molecule has 1 fully saturated rings. The zero-order valence-corrected chi connectivity index (χ0v) is 18.5. The maximum absolute atomic E-state index is 12.9. The van der Waals surface area contributed by atoms with Crippen LogP contribution in [0.2, 0.25) is 0 Å². The van der Waals surface area contributed by atoms with Crippen molar-refractivity contribution in [3.05, 3.63) is 65.2 Å². The summed E-state index contributed by atoms with van der Waals surface area (Å²) in [5.41, 5.74) is 1.65. The number of nitrogens with zero attached hydrogens (tertiary/aromatic N) is 2. The van der Waals surface area contributed by atoms with Crippen LogP contribution in [0.5, 0.6) is 0 Å². The molecule has 0 spiro atoms. The summed E-state index contributed by atoms with van der Waals surface area (Å²) >= 11 is 0. The van der Waals surface area contributed by atoms with E-state index < -0.39 is 10.0 Å². The Morgan fingerprint density at radius 3 is 2.06 bits per heavy atom. The Balaban J connectivity index is 1.38. The van der Waals surface area contributed by atoms with Gasteiger partial charge in [-0.25, -0.2) is 8.42 Å². The third-order valence-corrected chi connectivity index (χ3v) is 7.96. The molecule has 2 aliphatic heterocycles. The van der Waals surface area contributed by atoms with Gasteiger partial charge in [-0.05, 0) is 49.1 Å². The number of sulfonamides is 1. The van der Waals surface area contributed by atoms with E-state index in [0.29, 0.717) is 30.4 Å². The normalized spacial score (nSPS) is 17.5. The van der Waals surface area contributed by atoms with E-state index in [2.05, 4.69) is 0 Å². The predicted molar refractivity (Wildman–Crippen MR) is 115 cm³/mol. The van der Waals surface area contributed by atoms with Crippen LogP contribution in [0, 0.1) is 5.92 Å². The Morgan fingerprint density at radius 1 is 0.969 bits per heavy atom. The lowest BCUT2D eigenvalue weighted by atomic mass is 9.99. The van der Waals surface area contributed by atoms with Gasteiger partial charge in [0, 0.05) is 19.6 Å². The first-order valence-electron chi connectivity index (χ1n) is 10.4. The molecule has 168 valence electrons. The summed E-state index contributed by atoms with van der Waals surface area (Å²) in [5, 5.41) is 0. The molecule has 0 N–H and O–H groups in total. The molecular weight excluding hydrogens is 432 g/mol. The van der Waals surface area contributed by atoms with Crippen molar-refractivity contribution in [3.63, 3.8) is 0 Å². The molecule has 1 saturated heterocycles. The van der Waals surface area contributed by atoms with Crippen LogP contribution >= 0.6 is 0 Å². The summed E-state index contributed by atoms with van der Waals surface area (Å²) in [5.74, 6) is -1.18. The number of carbonyl (C=O) groups excluding carboxylic acids is 3. The molecule has 0 saturated carbocycles. The van der Waals surface area contributed by atoms with Crippen LogP contribution in [0.15, 0.2) is 53.4 Å². The number of methoxy groups -OCH3 is 1. The lowest BCUT2D eigenvalue weighted by Gasteiger charge is -2.29. The van der Waals surface area contributed by atoms with Gasteiger partial charge in [0.25, 0.3) is 11.8 Å². The molecule has 0 aliphatic carbocycles. The standard InChI is InChI=1S/C23H24N2O6S/c1-31-23(28)17-11-13-24(14-12-17)32(29,30)18-8-6-16(7-9-18)10-15-25-21(26)19-4-2-3-5-20(19)22(25)27/h2-9,17H,10-15H2,1H3. The first kappa shape index (κ1) is 22.2. The summed E-state index contributed by atoms with van der Waals surface area (Å²) < 4.78 is 32.0. The SMILES string of the molecule is COC(=O)C1CCN(S(=O)(=O)c2ccc(CCN3C(=O)c4ccccc4C3=O)cc2)CC1. The molecule has 0 radical (unpaired) electrons. The lowest BCUT2D eigenvalue weighted by Crippen LogP contribution is -2.40. The third kappa shape index (κ3) is 4.05. The highest BCUT2D eigenvalue weighted by Crippen LogP contribution is 2.26. The van der Waals surface area contributed by atoms with Gasteiger partial charge in [0.1, 0.15) is 0 Å². The van der Waals surface area contributed by atoms with Gasteiger partial charge in [0.05, 0.1) is 29.1 Å².